The van der Waals surface area contributed by atoms with Gasteiger partial charge in [0.2, 0.25) is 5.91 Å². The van der Waals surface area contributed by atoms with Crippen LogP contribution < -0.4 is 0 Å². The van der Waals surface area contributed by atoms with Gasteiger partial charge < -0.3 is 10.0 Å². The van der Waals surface area contributed by atoms with Crippen LogP contribution in [0.1, 0.15) is 39.5 Å². The second-order valence-corrected chi connectivity index (χ2v) is 4.82. The largest absolute Gasteiger partial charge is 0.395 e. The number of aliphatic hydroxyl groups is 1. The normalized spacial score (nSPS) is 17.8. The summed E-state index contributed by atoms with van der Waals surface area (Å²) in [5, 5.41) is 9.07. The Bertz CT molecular complexity index is 227. The van der Waals surface area contributed by atoms with Crippen molar-refractivity contribution in [1.82, 2.24) is 9.80 Å². The maximum Gasteiger partial charge on any atom is 0.239 e. The number of unbranched alkanes of at least 4 members (excludes halogenated alkanes) is 1. The van der Waals surface area contributed by atoms with Crippen LogP contribution in [0.2, 0.25) is 0 Å². The van der Waals surface area contributed by atoms with Gasteiger partial charge in [-0.05, 0) is 32.7 Å². The molecule has 1 atom stereocenters. The number of amides is 1. The molecule has 4 nitrogen and oxygen atoms in total. The SMILES string of the molecule is CCCCN(CCO)C(C)C(=O)N1CCCC1. The lowest BCUT2D eigenvalue weighted by molar-refractivity contribution is -0.135. The summed E-state index contributed by atoms with van der Waals surface area (Å²) in [4.78, 5) is 16.3. The van der Waals surface area contributed by atoms with Gasteiger partial charge in [-0.1, -0.05) is 13.3 Å². The fourth-order valence-corrected chi connectivity index (χ4v) is 2.35. The van der Waals surface area contributed by atoms with E-state index in [1.807, 2.05) is 11.8 Å². The predicted octanol–water partition coefficient (Wildman–Crippen LogP) is 1.09. The van der Waals surface area contributed by atoms with Crippen LogP contribution in [-0.2, 0) is 4.79 Å². The molecule has 0 spiro atoms. The summed E-state index contributed by atoms with van der Waals surface area (Å²) >= 11 is 0. The number of carbonyl (C=O) groups excluding carboxylic acids is 1. The lowest BCUT2D eigenvalue weighted by atomic mass is 10.2. The van der Waals surface area contributed by atoms with Crippen LogP contribution in [0.3, 0.4) is 0 Å². The molecule has 4 heteroatoms. The third-order valence-corrected chi connectivity index (χ3v) is 3.51. The van der Waals surface area contributed by atoms with Crippen LogP contribution in [0.15, 0.2) is 0 Å². The van der Waals surface area contributed by atoms with E-state index in [9.17, 15) is 4.79 Å². The molecule has 100 valence electrons. The summed E-state index contributed by atoms with van der Waals surface area (Å²) in [6, 6.07) is -0.0909. The zero-order chi connectivity index (χ0) is 12.7. The molecule has 1 saturated heterocycles. The Hall–Kier alpha value is -0.610. The zero-order valence-corrected chi connectivity index (χ0v) is 11.2. The van der Waals surface area contributed by atoms with Gasteiger partial charge in [0.25, 0.3) is 0 Å². The minimum Gasteiger partial charge on any atom is -0.395 e. The van der Waals surface area contributed by atoms with Crippen molar-refractivity contribution in [1.29, 1.82) is 0 Å². The Labute approximate surface area is 105 Å². The fourth-order valence-electron chi connectivity index (χ4n) is 2.35. The molecule has 1 rings (SSSR count). The number of nitrogens with zero attached hydrogens (tertiary/aromatic N) is 2. The molecule has 1 unspecified atom stereocenters. The van der Waals surface area contributed by atoms with Crippen molar-refractivity contribution in [2.45, 2.75) is 45.6 Å². The lowest BCUT2D eigenvalue weighted by Gasteiger charge is -2.30. The first-order valence-corrected chi connectivity index (χ1v) is 6.84. The number of hydrogen-bond donors (Lipinski definition) is 1. The molecule has 0 aromatic heterocycles. The third-order valence-electron chi connectivity index (χ3n) is 3.51. The first kappa shape index (κ1) is 14.5. The van der Waals surface area contributed by atoms with Gasteiger partial charge in [0.15, 0.2) is 0 Å². The molecule has 1 N–H and O–H groups in total. The highest BCUT2D eigenvalue weighted by atomic mass is 16.3. The quantitative estimate of drug-likeness (QED) is 0.727. The van der Waals surface area contributed by atoms with Gasteiger partial charge in [-0.2, -0.15) is 0 Å². The first-order chi connectivity index (χ1) is 8.20. The van der Waals surface area contributed by atoms with Gasteiger partial charge in [-0.3, -0.25) is 9.69 Å². The Morgan fingerprint density at radius 1 is 1.35 bits per heavy atom. The molecule has 1 fully saturated rings. The third kappa shape index (κ3) is 4.28. The molecule has 0 bridgehead atoms. The molecular formula is C13H26N2O2. The highest BCUT2D eigenvalue weighted by Crippen LogP contribution is 2.12. The van der Waals surface area contributed by atoms with E-state index in [1.54, 1.807) is 0 Å². The van der Waals surface area contributed by atoms with Crippen molar-refractivity contribution in [2.24, 2.45) is 0 Å². The number of hydrogen-bond acceptors (Lipinski definition) is 3. The van der Waals surface area contributed by atoms with Crippen LogP contribution in [0, 0.1) is 0 Å². The summed E-state index contributed by atoms with van der Waals surface area (Å²) < 4.78 is 0. The maximum absolute atomic E-state index is 12.2. The average Bonchev–Trinajstić information content (AvgIpc) is 2.86. The van der Waals surface area contributed by atoms with E-state index in [2.05, 4.69) is 11.8 Å². The monoisotopic (exact) mass is 242 g/mol. The van der Waals surface area contributed by atoms with Gasteiger partial charge in [-0.15, -0.1) is 0 Å². The summed E-state index contributed by atoms with van der Waals surface area (Å²) in [5.41, 5.74) is 0. The van der Waals surface area contributed by atoms with Crippen LogP contribution in [0.5, 0.6) is 0 Å². The molecule has 0 saturated carbocycles. The average molecular weight is 242 g/mol. The highest BCUT2D eigenvalue weighted by Gasteiger charge is 2.26. The maximum atomic E-state index is 12.2. The van der Waals surface area contributed by atoms with Crippen LogP contribution in [0.25, 0.3) is 0 Å². The van der Waals surface area contributed by atoms with E-state index < -0.39 is 0 Å². The first-order valence-electron chi connectivity index (χ1n) is 6.84. The summed E-state index contributed by atoms with van der Waals surface area (Å²) in [6.07, 6.45) is 4.46. The van der Waals surface area contributed by atoms with Crippen LogP contribution in [0.4, 0.5) is 0 Å². The molecular weight excluding hydrogens is 216 g/mol. The van der Waals surface area contributed by atoms with Crippen molar-refractivity contribution in [3.8, 4) is 0 Å². The van der Waals surface area contributed by atoms with Gasteiger partial charge in [0.05, 0.1) is 12.6 Å². The molecule has 0 aromatic rings. The van der Waals surface area contributed by atoms with E-state index in [0.717, 1.165) is 45.3 Å². The van der Waals surface area contributed by atoms with Crippen molar-refractivity contribution >= 4 is 5.91 Å². The smallest absolute Gasteiger partial charge is 0.239 e. The van der Waals surface area contributed by atoms with Gasteiger partial charge >= 0.3 is 0 Å². The summed E-state index contributed by atoms with van der Waals surface area (Å²) in [5.74, 6) is 0.229. The minimum absolute atomic E-state index is 0.0909. The Kier molecular flexibility index (Phi) is 6.52. The molecule has 1 aliphatic rings. The van der Waals surface area contributed by atoms with Gasteiger partial charge in [0.1, 0.15) is 0 Å². The van der Waals surface area contributed by atoms with E-state index in [1.165, 1.54) is 0 Å². The Morgan fingerprint density at radius 2 is 2.00 bits per heavy atom. The second-order valence-electron chi connectivity index (χ2n) is 4.82. The van der Waals surface area contributed by atoms with E-state index in [0.29, 0.717) is 6.54 Å². The van der Waals surface area contributed by atoms with Crippen molar-refractivity contribution in [3.63, 3.8) is 0 Å². The minimum atomic E-state index is -0.0909. The van der Waals surface area contributed by atoms with E-state index in [4.69, 9.17) is 5.11 Å². The van der Waals surface area contributed by atoms with Crippen LogP contribution in [-0.4, -0.2) is 59.6 Å². The van der Waals surface area contributed by atoms with Crippen molar-refractivity contribution in [2.75, 3.05) is 32.8 Å². The molecule has 0 radical (unpaired) electrons. The number of aliphatic hydroxyl groups excluding tert-OH is 1. The van der Waals surface area contributed by atoms with E-state index >= 15 is 0 Å². The fraction of sp³-hybridized carbons (Fsp3) is 0.923. The molecule has 0 aromatic carbocycles. The Balaban J connectivity index is 2.49. The van der Waals surface area contributed by atoms with Gasteiger partial charge in [-0.25, -0.2) is 0 Å². The number of rotatable bonds is 7. The Morgan fingerprint density at radius 3 is 2.53 bits per heavy atom. The topological polar surface area (TPSA) is 43.8 Å². The van der Waals surface area contributed by atoms with E-state index in [-0.39, 0.29) is 18.6 Å². The molecule has 1 heterocycles. The molecule has 0 aliphatic carbocycles. The molecule has 1 amide bonds. The summed E-state index contributed by atoms with van der Waals surface area (Å²) in [6.45, 7) is 7.55. The van der Waals surface area contributed by atoms with Crippen molar-refractivity contribution in [3.05, 3.63) is 0 Å². The standard InChI is InChI=1S/C13H26N2O2/c1-3-4-7-14(10-11-16)12(2)13(17)15-8-5-6-9-15/h12,16H,3-11H2,1-2H3. The van der Waals surface area contributed by atoms with Gasteiger partial charge in [0, 0.05) is 19.6 Å². The summed E-state index contributed by atoms with van der Waals surface area (Å²) in [7, 11) is 0. The molecule has 17 heavy (non-hydrogen) atoms. The lowest BCUT2D eigenvalue weighted by Crippen LogP contribution is -2.47. The molecule has 1 aliphatic heterocycles. The predicted molar refractivity (Wildman–Crippen MR) is 68.8 cm³/mol. The number of likely N-dealkylation sites (tertiary alicyclic amines) is 1. The second kappa shape index (κ2) is 7.67. The van der Waals surface area contributed by atoms with Crippen LogP contribution >= 0.6 is 0 Å². The highest BCUT2D eigenvalue weighted by molar-refractivity contribution is 5.81. The van der Waals surface area contributed by atoms with Crippen molar-refractivity contribution < 1.29 is 9.90 Å². The zero-order valence-electron chi connectivity index (χ0n) is 11.2. The number of carbonyl (C=O) groups is 1.